The maximum absolute atomic E-state index is 15.1. The number of nitrogens with two attached hydrogens (primary N) is 1. The molecule has 1 heterocycles. The Balaban J connectivity index is 1.07. The molecule has 3 aromatic rings. The van der Waals surface area contributed by atoms with Gasteiger partial charge in [-0.1, -0.05) is 74.4 Å². The largest absolute Gasteiger partial charge is 0.508 e. The number of hydrogen-bond donors (Lipinski definition) is 6. The number of methoxy groups -OCH3 is 1. The Kier molecular flexibility index (Phi) is 14.5. The van der Waals surface area contributed by atoms with Gasteiger partial charge in [0, 0.05) is 49.5 Å². The van der Waals surface area contributed by atoms with Gasteiger partial charge in [0.1, 0.15) is 5.75 Å². The summed E-state index contributed by atoms with van der Waals surface area (Å²) in [4.78, 5) is 20.6. The maximum atomic E-state index is 15.1. The number of nitrogens with zero attached hydrogens (tertiary/aromatic N) is 1. The van der Waals surface area contributed by atoms with E-state index in [0.29, 0.717) is 49.4 Å². The number of ketones is 1. The van der Waals surface area contributed by atoms with Gasteiger partial charge in [-0.3, -0.25) is 4.79 Å². The lowest BCUT2D eigenvalue weighted by Gasteiger charge is -2.50. The van der Waals surface area contributed by atoms with Gasteiger partial charge in [-0.2, -0.15) is 0 Å². The van der Waals surface area contributed by atoms with Crippen LogP contribution in [0.1, 0.15) is 192 Å². The topological polar surface area (TPSA) is 167 Å². The molecule has 3 aromatic carbocycles. The van der Waals surface area contributed by atoms with Gasteiger partial charge in [-0.05, 0) is 219 Å². The Morgan fingerprint density at radius 1 is 0.921 bits per heavy atom. The van der Waals surface area contributed by atoms with Crippen LogP contribution in [-0.2, 0) is 27.9 Å². The smallest absolute Gasteiger partial charge is 0.189 e. The number of phenolic OH excluding ortho intramolecular Hbond substituents is 2. The number of Topliss-reactive ketones (excluding diaryl/α,β-unsaturated/α-hetero) is 1. The summed E-state index contributed by atoms with van der Waals surface area (Å²) in [7, 11) is 1.80. The molecular formula is C66H83N3O7. The Bertz CT molecular complexity index is 2890. The van der Waals surface area contributed by atoms with Crippen LogP contribution in [0.3, 0.4) is 0 Å². The molecule has 404 valence electrons. The summed E-state index contributed by atoms with van der Waals surface area (Å²) < 4.78 is 13.4. The number of aryl methyl sites for hydroxylation is 1. The molecule has 8 aliphatic carbocycles. The number of phenols is 2. The molecule has 0 aromatic heterocycles. The van der Waals surface area contributed by atoms with Crippen molar-refractivity contribution in [1.82, 2.24) is 5.32 Å². The normalized spacial score (nSPS) is 34.0. The molecule has 4 saturated carbocycles. The third kappa shape index (κ3) is 9.30. The number of hydrogen-bond acceptors (Lipinski definition) is 10. The third-order valence-corrected chi connectivity index (χ3v) is 20.9. The van der Waals surface area contributed by atoms with Crippen molar-refractivity contribution in [2.75, 3.05) is 26.9 Å². The molecule has 7 N–H and O–H groups in total. The average molecular weight is 1030 g/mol. The zero-order valence-corrected chi connectivity index (χ0v) is 45.4. The van der Waals surface area contributed by atoms with Crippen molar-refractivity contribution >= 4 is 11.7 Å². The predicted octanol–water partition coefficient (Wildman–Crippen LogP) is 11.3. The summed E-state index contributed by atoms with van der Waals surface area (Å²) in [6.45, 7) is 4.77. The molecule has 8 bridgehead atoms. The van der Waals surface area contributed by atoms with Crippen LogP contribution in [0, 0.1) is 59.2 Å². The van der Waals surface area contributed by atoms with Gasteiger partial charge < -0.3 is 41.0 Å². The Hall–Kier alpha value is -5.08. The second-order valence-electron chi connectivity index (χ2n) is 25.3. The summed E-state index contributed by atoms with van der Waals surface area (Å²) in [5.41, 5.74) is 18.7. The molecule has 1 aliphatic heterocycles. The van der Waals surface area contributed by atoms with Gasteiger partial charge >= 0.3 is 0 Å². The highest BCUT2D eigenvalue weighted by molar-refractivity contribution is 5.98. The summed E-state index contributed by atoms with van der Waals surface area (Å²) in [6.07, 6.45) is 20.0. The van der Waals surface area contributed by atoms with Crippen LogP contribution < -0.4 is 15.8 Å². The van der Waals surface area contributed by atoms with Gasteiger partial charge in [-0.25, -0.2) is 4.99 Å². The highest BCUT2D eigenvalue weighted by Gasteiger charge is 2.51. The molecule has 10 nitrogen and oxygen atoms in total. The monoisotopic (exact) mass is 1030 g/mol. The van der Waals surface area contributed by atoms with Gasteiger partial charge in [-0.15, -0.1) is 0 Å². The van der Waals surface area contributed by atoms with Gasteiger partial charge in [0.05, 0.1) is 30.9 Å². The number of rotatable bonds is 8. The van der Waals surface area contributed by atoms with Crippen molar-refractivity contribution < 1.29 is 34.7 Å². The number of fused-ring (bicyclic) bond motifs is 10. The number of aliphatic hydroxyl groups excluding tert-OH is 2. The molecule has 13 atom stereocenters. The number of nitrogens with one attached hydrogen (secondary N) is 1. The average Bonchev–Trinajstić information content (AvgIpc) is 4.00. The molecule has 76 heavy (non-hydrogen) atoms. The molecular weight excluding hydrogens is 947 g/mol. The van der Waals surface area contributed by atoms with Gasteiger partial charge in [0.15, 0.2) is 23.2 Å². The van der Waals surface area contributed by atoms with E-state index in [-0.39, 0.29) is 108 Å². The Labute approximate surface area is 451 Å². The molecule has 13 unspecified atom stereocenters. The second-order valence-corrected chi connectivity index (χ2v) is 25.3. The minimum Gasteiger partial charge on any atom is -0.508 e. The van der Waals surface area contributed by atoms with Crippen molar-refractivity contribution in [3.05, 3.63) is 110 Å². The summed E-state index contributed by atoms with van der Waals surface area (Å²) in [6, 6.07) is 15.2. The van der Waals surface area contributed by atoms with E-state index in [1.165, 1.54) is 28.7 Å². The van der Waals surface area contributed by atoms with Crippen LogP contribution in [0.25, 0.3) is 0 Å². The molecule has 1 spiro atoms. The second kappa shape index (κ2) is 21.3. The lowest BCUT2D eigenvalue weighted by molar-refractivity contribution is -0.116. The summed E-state index contributed by atoms with van der Waals surface area (Å²) in [5, 5.41) is 50.7. The summed E-state index contributed by atoms with van der Waals surface area (Å²) >= 11 is 0. The molecule has 4 fully saturated rings. The van der Waals surface area contributed by atoms with Crippen LogP contribution >= 0.6 is 0 Å². The fraction of sp³-hybridized carbons (Fsp3) is 0.606. The Morgan fingerprint density at radius 2 is 1.75 bits per heavy atom. The standard InChI is InChI=1S/C66H83N3O7/c1-4-50-45(34-70)28-42-18-17-41(32-59(73)61(42)56(50)35-71)53-33-60(76-49-12-5-6-13-49)64(74)63-51(53)14-9-11-47-29-44-31-54-52(22-37(2)23-55(54)62(63)57(44)36-75-3)43-25-39(26-48(72)30-43)24-38-15-16-40-19-20-46-10-7-8-21-66(46,58(40)27-38)69-65(67)68-47/h15-16,25-27,30-31,33,37,41-42,44-47,49-50,52,55,57,62,70-72,74H,4-8,10-13,17-24,28-29,32,34-36H2,1-3H3,(H3,67,68,69). The maximum Gasteiger partial charge on any atom is 0.189 e. The van der Waals surface area contributed by atoms with E-state index >= 15 is 4.79 Å². The van der Waals surface area contributed by atoms with Crippen LogP contribution in [0.2, 0.25) is 0 Å². The minimum atomic E-state index is -0.342. The van der Waals surface area contributed by atoms with E-state index in [1.54, 1.807) is 7.11 Å². The number of carbonyl (C=O) groups is 1. The fourth-order valence-electron chi connectivity index (χ4n) is 17.7. The molecule has 10 heteroatoms. The first-order valence-corrected chi connectivity index (χ1v) is 29.8. The van der Waals surface area contributed by atoms with Crippen molar-refractivity contribution in [3.63, 3.8) is 0 Å². The predicted molar refractivity (Wildman–Crippen MR) is 297 cm³/mol. The molecule has 0 radical (unpaired) electrons. The van der Waals surface area contributed by atoms with Crippen LogP contribution in [0.4, 0.5) is 0 Å². The van der Waals surface area contributed by atoms with Gasteiger partial charge in [0.25, 0.3) is 0 Å². The lowest BCUT2D eigenvalue weighted by Crippen LogP contribution is -2.57. The molecule has 12 rings (SSSR count). The van der Waals surface area contributed by atoms with Crippen molar-refractivity contribution in [2.45, 2.75) is 178 Å². The number of aromatic hydroxyl groups is 2. The first-order valence-electron chi connectivity index (χ1n) is 29.8. The highest BCUT2D eigenvalue weighted by Crippen LogP contribution is 2.61. The van der Waals surface area contributed by atoms with Gasteiger partial charge in [0.2, 0.25) is 0 Å². The number of allylic oxidation sites excluding steroid dienone is 3. The van der Waals surface area contributed by atoms with E-state index in [1.807, 2.05) is 12.1 Å². The zero-order chi connectivity index (χ0) is 52.4. The Morgan fingerprint density at radius 3 is 2.55 bits per heavy atom. The quantitative estimate of drug-likeness (QED) is 0.0951. The number of aliphatic hydroxyl groups is 2. The summed E-state index contributed by atoms with van der Waals surface area (Å²) in [5.74, 6) is 9.14. The van der Waals surface area contributed by atoms with E-state index in [2.05, 4.69) is 67.4 Å². The SMILES string of the molecule is CCC1C(CO)=C2C(=O)CC(c3cc(OC4CCCC4)c(O)c4c3C#CCC3CC5C=C6C(CC(C)CC6C4C5COC)c4cc(O)cc(c4)Cc4ccc5c(c4)C4(CCCCC4CC5)NC(N)=N3)CCC2CC1CO. The first-order chi connectivity index (χ1) is 37.0. The number of guanidine groups is 1. The molecule has 0 saturated heterocycles. The number of benzene rings is 3. The van der Waals surface area contributed by atoms with Crippen LogP contribution in [0.15, 0.2) is 70.3 Å². The number of ether oxygens (including phenoxy) is 2. The first kappa shape index (κ1) is 51.7. The lowest BCUT2D eigenvalue weighted by atomic mass is 9.55. The molecule has 9 aliphatic rings. The fourth-order valence-corrected chi connectivity index (χ4v) is 17.7. The highest BCUT2D eigenvalue weighted by atomic mass is 16.5. The number of carbonyl (C=O) groups excluding carboxylic acids is 1. The van der Waals surface area contributed by atoms with Crippen molar-refractivity contribution in [3.8, 4) is 29.1 Å². The zero-order valence-electron chi connectivity index (χ0n) is 45.4. The van der Waals surface area contributed by atoms with E-state index in [4.69, 9.17) is 20.2 Å². The van der Waals surface area contributed by atoms with E-state index < -0.39 is 0 Å². The minimum absolute atomic E-state index is 0.00165. The third-order valence-electron chi connectivity index (χ3n) is 20.9. The molecule has 0 amide bonds. The van der Waals surface area contributed by atoms with Crippen LogP contribution in [-0.4, -0.2) is 71.2 Å². The number of aliphatic imine (C=N–C) groups is 1. The van der Waals surface area contributed by atoms with Crippen LogP contribution in [0.5, 0.6) is 17.2 Å². The van der Waals surface area contributed by atoms with E-state index in [9.17, 15) is 20.4 Å². The van der Waals surface area contributed by atoms with Crippen molar-refractivity contribution in [1.29, 1.82) is 0 Å². The van der Waals surface area contributed by atoms with E-state index in [0.717, 1.165) is 135 Å². The van der Waals surface area contributed by atoms with Crippen molar-refractivity contribution in [2.24, 2.45) is 58.1 Å².